The second kappa shape index (κ2) is 11.3. The summed E-state index contributed by atoms with van der Waals surface area (Å²) in [6.07, 6.45) is 5.74. The number of nitrogens with one attached hydrogen (secondary N) is 2. The molecule has 1 aliphatic heterocycles. The lowest BCUT2D eigenvalue weighted by Gasteiger charge is -2.27. The van der Waals surface area contributed by atoms with Gasteiger partial charge in [-0.15, -0.1) is 0 Å². The van der Waals surface area contributed by atoms with Crippen molar-refractivity contribution in [2.24, 2.45) is 4.99 Å². The summed E-state index contributed by atoms with van der Waals surface area (Å²) < 4.78 is 0. The summed E-state index contributed by atoms with van der Waals surface area (Å²) in [6.45, 7) is 4.28. The predicted octanol–water partition coefficient (Wildman–Crippen LogP) is 2.96. The molecule has 2 N–H and O–H groups in total. The van der Waals surface area contributed by atoms with E-state index in [0.717, 1.165) is 25.8 Å². The van der Waals surface area contributed by atoms with Gasteiger partial charge < -0.3 is 15.5 Å². The highest BCUT2D eigenvalue weighted by atomic mass is 16.2. The molecule has 0 saturated carbocycles. The number of amides is 1. The van der Waals surface area contributed by atoms with Crippen LogP contribution in [0.1, 0.15) is 41.5 Å². The molecule has 6 heteroatoms. The number of fused-ring (bicyclic) bond motifs is 1. The summed E-state index contributed by atoms with van der Waals surface area (Å²) in [7, 11) is 3.55. The van der Waals surface area contributed by atoms with E-state index in [2.05, 4.69) is 64.1 Å². The number of carbonyl (C=O) groups is 1. The third-order valence-corrected chi connectivity index (χ3v) is 6.64. The van der Waals surface area contributed by atoms with Crippen LogP contribution in [0.2, 0.25) is 0 Å². The van der Waals surface area contributed by atoms with E-state index >= 15 is 0 Å². The van der Waals surface area contributed by atoms with Gasteiger partial charge in [0, 0.05) is 26.7 Å². The molecule has 1 aliphatic carbocycles. The van der Waals surface area contributed by atoms with Crippen LogP contribution >= 0.6 is 0 Å². The smallest absolute Gasteiger partial charge is 0.241 e. The zero-order valence-electron chi connectivity index (χ0n) is 20.0. The lowest BCUT2D eigenvalue weighted by atomic mass is 9.88. The second-order valence-corrected chi connectivity index (χ2v) is 9.46. The molecule has 2 aromatic rings. The van der Waals surface area contributed by atoms with Crippen molar-refractivity contribution in [1.82, 2.24) is 20.4 Å². The van der Waals surface area contributed by atoms with Crippen LogP contribution in [0.15, 0.2) is 53.5 Å². The van der Waals surface area contributed by atoms with E-state index in [9.17, 15) is 4.79 Å². The van der Waals surface area contributed by atoms with Crippen LogP contribution in [0, 0.1) is 0 Å². The van der Waals surface area contributed by atoms with Crippen molar-refractivity contribution in [3.8, 4) is 0 Å². The molecule has 1 fully saturated rings. The second-order valence-electron chi connectivity index (χ2n) is 9.46. The third kappa shape index (κ3) is 6.81. The number of nitrogens with zero attached hydrogens (tertiary/aromatic N) is 3. The summed E-state index contributed by atoms with van der Waals surface area (Å²) in [5, 5.41) is 6.83. The maximum atomic E-state index is 12.1. The Morgan fingerprint density at radius 2 is 1.73 bits per heavy atom. The summed E-state index contributed by atoms with van der Waals surface area (Å²) in [6, 6.07) is 17.8. The lowest BCUT2D eigenvalue weighted by molar-refractivity contribution is -0.127. The Hall–Kier alpha value is -2.86. The number of rotatable bonds is 7. The van der Waals surface area contributed by atoms with E-state index in [1.54, 1.807) is 19.0 Å². The normalized spacial score (nSPS) is 18.6. The van der Waals surface area contributed by atoms with Crippen LogP contribution < -0.4 is 10.6 Å². The minimum atomic E-state index is 0.0322. The molecule has 2 aromatic carbocycles. The number of guanidine groups is 1. The number of aliphatic imine (C=N–C) groups is 1. The Labute approximate surface area is 198 Å². The minimum Gasteiger partial charge on any atom is -0.353 e. The highest BCUT2D eigenvalue weighted by molar-refractivity contribution is 5.86. The predicted molar refractivity (Wildman–Crippen MR) is 134 cm³/mol. The van der Waals surface area contributed by atoms with Crippen LogP contribution in [0.5, 0.6) is 0 Å². The number of carbonyl (C=O) groups excluding carboxylic acids is 1. The van der Waals surface area contributed by atoms with Gasteiger partial charge in [-0.2, -0.15) is 0 Å². The number of hydrogen-bond acceptors (Lipinski definition) is 3. The van der Waals surface area contributed by atoms with Gasteiger partial charge in [0.25, 0.3) is 0 Å². The highest BCUT2D eigenvalue weighted by Gasteiger charge is 2.19. The molecule has 4 rings (SSSR count). The average molecular weight is 448 g/mol. The van der Waals surface area contributed by atoms with E-state index < -0.39 is 0 Å². The molecule has 2 aliphatic rings. The van der Waals surface area contributed by atoms with Gasteiger partial charge in [0.15, 0.2) is 5.96 Å². The first kappa shape index (κ1) is 23.3. The lowest BCUT2D eigenvalue weighted by Crippen LogP contribution is -2.48. The topological polar surface area (TPSA) is 60.0 Å². The summed E-state index contributed by atoms with van der Waals surface area (Å²) >= 11 is 0. The molecule has 1 unspecified atom stereocenters. The molecule has 33 heavy (non-hydrogen) atoms. The van der Waals surface area contributed by atoms with Crippen molar-refractivity contribution in [2.75, 3.05) is 33.7 Å². The molecule has 0 radical (unpaired) electrons. The van der Waals surface area contributed by atoms with E-state index in [0.29, 0.717) is 18.5 Å². The van der Waals surface area contributed by atoms with Crippen molar-refractivity contribution >= 4 is 11.9 Å². The summed E-state index contributed by atoms with van der Waals surface area (Å²) in [5.74, 6) is 0.737. The first-order valence-corrected chi connectivity index (χ1v) is 12.2. The fourth-order valence-electron chi connectivity index (χ4n) is 4.60. The molecule has 0 aromatic heterocycles. The summed E-state index contributed by atoms with van der Waals surface area (Å²) in [5.41, 5.74) is 5.38. The molecule has 6 nitrogen and oxygen atoms in total. The fourth-order valence-corrected chi connectivity index (χ4v) is 4.60. The highest BCUT2D eigenvalue weighted by Crippen LogP contribution is 2.21. The van der Waals surface area contributed by atoms with Gasteiger partial charge in [0.05, 0.1) is 13.1 Å². The van der Waals surface area contributed by atoms with Gasteiger partial charge in [-0.05, 0) is 67.4 Å². The quantitative estimate of drug-likeness (QED) is 0.506. The molecule has 0 spiro atoms. The molecule has 176 valence electrons. The van der Waals surface area contributed by atoms with Crippen LogP contribution in [0.25, 0.3) is 0 Å². The number of benzene rings is 2. The van der Waals surface area contributed by atoms with Gasteiger partial charge >= 0.3 is 0 Å². The number of hydrogen-bond donors (Lipinski definition) is 2. The van der Waals surface area contributed by atoms with Gasteiger partial charge in [-0.25, -0.2) is 4.99 Å². The number of likely N-dealkylation sites (N-methyl/N-ethyl adjacent to an activating group) is 1. The third-order valence-electron chi connectivity index (χ3n) is 6.64. The molecule has 1 saturated heterocycles. The van der Waals surface area contributed by atoms with Crippen LogP contribution in [-0.4, -0.2) is 61.4 Å². The van der Waals surface area contributed by atoms with Gasteiger partial charge in [-0.1, -0.05) is 48.5 Å². The Balaban J connectivity index is 1.38. The van der Waals surface area contributed by atoms with E-state index in [4.69, 9.17) is 4.99 Å². The first-order valence-electron chi connectivity index (χ1n) is 12.2. The van der Waals surface area contributed by atoms with Crippen molar-refractivity contribution in [2.45, 2.75) is 51.2 Å². The van der Waals surface area contributed by atoms with E-state index in [1.807, 2.05) is 0 Å². The zero-order chi connectivity index (χ0) is 23.0. The zero-order valence-corrected chi connectivity index (χ0v) is 20.0. The van der Waals surface area contributed by atoms with Crippen molar-refractivity contribution in [1.29, 1.82) is 0 Å². The average Bonchev–Trinajstić information content (AvgIpc) is 3.34. The molecular weight excluding hydrogens is 410 g/mol. The van der Waals surface area contributed by atoms with Crippen LogP contribution in [-0.2, 0) is 30.7 Å². The van der Waals surface area contributed by atoms with E-state index in [1.165, 1.54) is 48.2 Å². The maximum Gasteiger partial charge on any atom is 0.241 e. The standard InChI is InChI=1S/C27H37N5O/c1-31(2)26(33)19-29-27(30-25-14-13-23-7-3-4-8-24(23)17-25)28-18-21-9-11-22(12-10-21)20-32-15-5-6-16-32/h3-4,7-12,25H,5-6,13-20H2,1-2H3,(H2,28,29,30). The monoisotopic (exact) mass is 447 g/mol. The molecular formula is C27H37N5O. The van der Waals surface area contributed by atoms with Crippen molar-refractivity contribution in [3.63, 3.8) is 0 Å². The van der Waals surface area contributed by atoms with Gasteiger partial charge in [0.2, 0.25) is 5.91 Å². The Morgan fingerprint density at radius 3 is 2.45 bits per heavy atom. The molecule has 0 bridgehead atoms. The SMILES string of the molecule is CN(C)C(=O)CNC(=NCc1ccc(CN2CCCC2)cc1)NC1CCc2ccccc2C1. The fraction of sp³-hybridized carbons (Fsp3) is 0.481. The molecule has 1 atom stereocenters. The van der Waals surface area contributed by atoms with Crippen LogP contribution in [0.3, 0.4) is 0 Å². The summed E-state index contributed by atoms with van der Waals surface area (Å²) in [4.78, 5) is 21.1. The van der Waals surface area contributed by atoms with Gasteiger partial charge in [-0.3, -0.25) is 9.69 Å². The maximum absolute atomic E-state index is 12.1. The Kier molecular flexibility index (Phi) is 8.00. The number of aryl methyl sites for hydroxylation is 1. The number of likely N-dealkylation sites (tertiary alicyclic amines) is 1. The Bertz CT molecular complexity index is 947. The van der Waals surface area contributed by atoms with Gasteiger partial charge in [0.1, 0.15) is 0 Å². The Morgan fingerprint density at radius 1 is 1.03 bits per heavy atom. The van der Waals surface area contributed by atoms with Crippen LogP contribution in [0.4, 0.5) is 0 Å². The largest absolute Gasteiger partial charge is 0.353 e. The van der Waals surface area contributed by atoms with Crippen molar-refractivity contribution < 1.29 is 4.79 Å². The van der Waals surface area contributed by atoms with Crippen molar-refractivity contribution in [3.05, 3.63) is 70.8 Å². The molecule has 1 amide bonds. The van der Waals surface area contributed by atoms with E-state index in [-0.39, 0.29) is 12.5 Å². The first-order chi connectivity index (χ1) is 16.1. The molecule has 1 heterocycles. The minimum absolute atomic E-state index is 0.0322.